The lowest BCUT2D eigenvalue weighted by Crippen LogP contribution is -2.15. The summed E-state index contributed by atoms with van der Waals surface area (Å²) < 4.78 is 7.83. The Kier molecular flexibility index (Phi) is 7.21. The molecule has 2 aromatic carbocycles. The van der Waals surface area contributed by atoms with Crippen LogP contribution in [0.4, 0.5) is 5.69 Å². The van der Waals surface area contributed by atoms with Crippen molar-refractivity contribution in [3.05, 3.63) is 64.7 Å². The Morgan fingerprint density at radius 2 is 1.72 bits per heavy atom. The number of benzene rings is 2. The highest BCUT2D eigenvalue weighted by Gasteiger charge is 2.24. The maximum Gasteiger partial charge on any atom is 0.339 e. The normalized spacial score (nSPS) is 10.7. The number of rotatable bonds is 5. The van der Waals surface area contributed by atoms with E-state index in [1.54, 1.807) is 11.4 Å². The number of hydrogen-bond acceptors (Lipinski definition) is 4. The number of thiophene rings is 1. The van der Waals surface area contributed by atoms with E-state index in [0.717, 1.165) is 10.0 Å². The van der Waals surface area contributed by atoms with Crippen molar-refractivity contribution in [2.45, 2.75) is 0 Å². The first kappa shape index (κ1) is 22.5. The van der Waals surface area contributed by atoms with E-state index in [-0.39, 0.29) is 11.3 Å². The van der Waals surface area contributed by atoms with E-state index in [2.05, 4.69) is 69.0 Å². The number of anilines is 1. The van der Waals surface area contributed by atoms with Gasteiger partial charge >= 0.3 is 5.97 Å². The summed E-state index contributed by atoms with van der Waals surface area (Å²) in [5.41, 5.74) is 1.36. The third kappa shape index (κ3) is 4.61. The zero-order valence-corrected chi connectivity index (χ0v) is 21.7. The van der Waals surface area contributed by atoms with Gasteiger partial charge < -0.3 is 15.2 Å². The van der Waals surface area contributed by atoms with Crippen LogP contribution in [-0.2, 0) is 0 Å². The Hall–Kier alpha value is -1.20. The molecule has 0 fully saturated rings. The molecule has 0 atom stereocenters. The van der Waals surface area contributed by atoms with Crippen molar-refractivity contribution in [3.63, 3.8) is 0 Å². The molecule has 3 aromatic rings. The molecule has 0 unspecified atom stereocenters. The predicted octanol–water partition coefficient (Wildman–Crippen LogP) is 7.42. The van der Waals surface area contributed by atoms with Crippen molar-refractivity contribution in [2.24, 2.45) is 0 Å². The molecule has 0 saturated heterocycles. The fourth-order valence-electron chi connectivity index (χ4n) is 2.60. The predicted molar refractivity (Wildman–Crippen MR) is 128 cm³/mol. The van der Waals surface area contributed by atoms with Gasteiger partial charge in [-0.2, -0.15) is 0 Å². The number of ether oxygens (including phenoxy) is 1. The molecule has 0 spiro atoms. The number of methoxy groups -OCH3 is 1. The molecular formula is C19H11Br4NO4S. The van der Waals surface area contributed by atoms with Crippen LogP contribution >= 0.6 is 75.1 Å². The number of hydrogen-bond donors (Lipinski definition) is 2. The number of halogens is 4. The molecule has 0 aliphatic carbocycles. The number of carbonyl (C=O) groups is 2. The molecule has 1 aromatic heterocycles. The first-order chi connectivity index (χ1) is 13.7. The SMILES string of the molecule is COc1c(Br)cc(C(=O)Nc2csc(-c3ccc(Br)cc3)c2C(=O)O)c(Br)c1Br. The maximum absolute atomic E-state index is 12.9. The summed E-state index contributed by atoms with van der Waals surface area (Å²) >= 11 is 14.8. The van der Waals surface area contributed by atoms with Crippen LogP contribution in [0, 0.1) is 0 Å². The molecule has 1 amide bonds. The highest BCUT2D eigenvalue weighted by Crippen LogP contribution is 2.42. The number of carbonyl (C=O) groups excluding carboxylic acids is 1. The van der Waals surface area contributed by atoms with Crippen molar-refractivity contribution < 1.29 is 19.4 Å². The quantitative estimate of drug-likeness (QED) is 0.278. The molecular weight excluding hydrogens is 658 g/mol. The summed E-state index contributed by atoms with van der Waals surface area (Å²) in [6.07, 6.45) is 0. The Morgan fingerprint density at radius 3 is 2.31 bits per heavy atom. The van der Waals surface area contributed by atoms with Crippen LogP contribution in [-0.4, -0.2) is 24.1 Å². The Bertz CT molecular complexity index is 1110. The average Bonchev–Trinajstić information content (AvgIpc) is 3.09. The van der Waals surface area contributed by atoms with E-state index < -0.39 is 11.9 Å². The average molecular weight is 669 g/mol. The summed E-state index contributed by atoms with van der Waals surface area (Å²) in [5, 5.41) is 14.1. The molecule has 5 nitrogen and oxygen atoms in total. The number of amides is 1. The van der Waals surface area contributed by atoms with Crippen LogP contribution in [0.25, 0.3) is 10.4 Å². The summed E-state index contributed by atoms with van der Waals surface area (Å²) in [7, 11) is 1.52. The largest absolute Gasteiger partial charge is 0.494 e. The van der Waals surface area contributed by atoms with Crippen LogP contribution in [0.2, 0.25) is 0 Å². The minimum atomic E-state index is -1.12. The van der Waals surface area contributed by atoms with Crippen molar-refractivity contribution in [1.82, 2.24) is 0 Å². The van der Waals surface area contributed by atoms with Crippen LogP contribution in [0.1, 0.15) is 20.7 Å². The van der Waals surface area contributed by atoms with Crippen molar-refractivity contribution in [2.75, 3.05) is 12.4 Å². The monoisotopic (exact) mass is 665 g/mol. The molecule has 0 saturated carbocycles. The van der Waals surface area contributed by atoms with E-state index in [4.69, 9.17) is 4.74 Å². The third-order valence-corrected chi connectivity index (χ3v) is 8.18. The fourth-order valence-corrected chi connectivity index (χ4v) is 5.78. The molecule has 29 heavy (non-hydrogen) atoms. The van der Waals surface area contributed by atoms with E-state index in [1.165, 1.54) is 18.4 Å². The third-order valence-electron chi connectivity index (χ3n) is 3.92. The molecule has 150 valence electrons. The zero-order valence-electron chi connectivity index (χ0n) is 14.6. The van der Waals surface area contributed by atoms with E-state index >= 15 is 0 Å². The van der Waals surface area contributed by atoms with Gasteiger partial charge in [-0.1, -0.05) is 28.1 Å². The maximum atomic E-state index is 12.9. The van der Waals surface area contributed by atoms with Crippen molar-refractivity contribution in [1.29, 1.82) is 0 Å². The van der Waals surface area contributed by atoms with Gasteiger partial charge in [-0.25, -0.2) is 4.79 Å². The van der Waals surface area contributed by atoms with Gasteiger partial charge in [0.2, 0.25) is 0 Å². The summed E-state index contributed by atoms with van der Waals surface area (Å²) in [6, 6.07) is 8.92. The number of carboxylic acids is 1. The van der Waals surface area contributed by atoms with Crippen LogP contribution in [0.15, 0.2) is 53.6 Å². The smallest absolute Gasteiger partial charge is 0.339 e. The van der Waals surface area contributed by atoms with E-state index in [9.17, 15) is 14.7 Å². The number of nitrogens with one attached hydrogen (secondary N) is 1. The molecule has 10 heteroatoms. The summed E-state index contributed by atoms with van der Waals surface area (Å²) in [6.45, 7) is 0. The van der Waals surface area contributed by atoms with Crippen molar-refractivity contribution in [3.8, 4) is 16.2 Å². The van der Waals surface area contributed by atoms with Gasteiger partial charge in [0.1, 0.15) is 11.3 Å². The van der Waals surface area contributed by atoms with Crippen LogP contribution in [0.3, 0.4) is 0 Å². The van der Waals surface area contributed by atoms with Crippen LogP contribution in [0.5, 0.6) is 5.75 Å². The number of aromatic carboxylic acids is 1. The molecule has 0 aliphatic rings. The Morgan fingerprint density at radius 1 is 1.07 bits per heavy atom. The summed E-state index contributed by atoms with van der Waals surface area (Å²) in [4.78, 5) is 25.4. The van der Waals surface area contributed by atoms with Gasteiger partial charge in [-0.15, -0.1) is 11.3 Å². The fraction of sp³-hybridized carbons (Fsp3) is 0.0526. The van der Waals surface area contributed by atoms with Gasteiger partial charge in [0.15, 0.2) is 0 Å². The zero-order chi connectivity index (χ0) is 21.3. The second-order valence-electron chi connectivity index (χ2n) is 5.69. The lowest BCUT2D eigenvalue weighted by Gasteiger charge is -2.13. The molecule has 1 heterocycles. The molecule has 0 bridgehead atoms. The highest BCUT2D eigenvalue weighted by molar-refractivity contribution is 9.13. The molecule has 2 N–H and O–H groups in total. The Balaban J connectivity index is 2.00. The summed E-state index contributed by atoms with van der Waals surface area (Å²) in [5.74, 6) is -1.04. The first-order valence-corrected chi connectivity index (χ1v) is 11.9. The molecule has 0 radical (unpaired) electrons. The van der Waals surface area contributed by atoms with E-state index in [0.29, 0.717) is 29.6 Å². The topological polar surface area (TPSA) is 75.6 Å². The molecule has 3 rings (SSSR count). The van der Waals surface area contributed by atoms with Gasteiger partial charge in [0, 0.05) is 14.3 Å². The minimum absolute atomic E-state index is 0.0495. The molecule has 0 aliphatic heterocycles. The number of carboxylic acid groups (broad SMARTS) is 1. The minimum Gasteiger partial charge on any atom is -0.494 e. The van der Waals surface area contributed by atoms with E-state index in [1.807, 2.05) is 24.3 Å². The van der Waals surface area contributed by atoms with Gasteiger partial charge in [0.05, 0.1) is 32.2 Å². The lowest BCUT2D eigenvalue weighted by molar-refractivity contribution is 0.0699. The van der Waals surface area contributed by atoms with Gasteiger partial charge in [0.25, 0.3) is 5.91 Å². The van der Waals surface area contributed by atoms with Gasteiger partial charge in [-0.05, 0) is 71.6 Å². The first-order valence-electron chi connectivity index (χ1n) is 7.88. The van der Waals surface area contributed by atoms with Crippen LogP contribution < -0.4 is 10.1 Å². The van der Waals surface area contributed by atoms with Gasteiger partial charge in [-0.3, -0.25) is 4.79 Å². The Labute approximate surface area is 204 Å². The second-order valence-corrected chi connectivity index (χ2v) is 9.92. The van der Waals surface area contributed by atoms with Crippen molar-refractivity contribution >= 4 is 92.6 Å². The highest BCUT2D eigenvalue weighted by atomic mass is 79.9. The second kappa shape index (κ2) is 9.30. The standard InChI is InChI=1S/C19H11Br4NO4S/c1-28-16-11(21)6-10(14(22)15(16)23)18(25)24-12-7-29-17(13(12)19(26)27)8-2-4-9(20)5-3-8/h2-7H,1H3,(H,24,25)(H,26,27). The lowest BCUT2D eigenvalue weighted by atomic mass is 10.1.